The summed E-state index contributed by atoms with van der Waals surface area (Å²) in [4.78, 5) is 0. The van der Waals surface area contributed by atoms with Gasteiger partial charge in [-0.3, -0.25) is 0 Å². The summed E-state index contributed by atoms with van der Waals surface area (Å²) in [5.41, 5.74) is -1.28. The summed E-state index contributed by atoms with van der Waals surface area (Å²) < 4.78 is 38.1. The second kappa shape index (κ2) is 6.11. The van der Waals surface area contributed by atoms with Crippen LogP contribution < -0.4 is 5.32 Å². The van der Waals surface area contributed by atoms with E-state index in [2.05, 4.69) is 21.2 Å². The van der Waals surface area contributed by atoms with Gasteiger partial charge >= 0.3 is 6.18 Å². The van der Waals surface area contributed by atoms with Crippen LogP contribution in [0.1, 0.15) is 12.5 Å². The van der Waals surface area contributed by atoms with Crippen LogP contribution >= 0.6 is 15.9 Å². The van der Waals surface area contributed by atoms with Gasteiger partial charge in [0.05, 0.1) is 18.8 Å². The van der Waals surface area contributed by atoms with Crippen molar-refractivity contribution in [3.8, 4) is 0 Å². The molecule has 7 heteroatoms. The molecule has 0 saturated carbocycles. The number of aliphatic hydroxyl groups excluding tert-OH is 2. The molecule has 0 bridgehead atoms. The van der Waals surface area contributed by atoms with Crippen molar-refractivity contribution >= 4 is 21.6 Å². The summed E-state index contributed by atoms with van der Waals surface area (Å²) in [5, 5.41) is 21.0. The Labute approximate surface area is 117 Å². The molecule has 0 heterocycles. The van der Waals surface area contributed by atoms with Crippen LogP contribution in [0.5, 0.6) is 0 Å². The third kappa shape index (κ3) is 4.36. The Morgan fingerprint density at radius 1 is 1.21 bits per heavy atom. The Bertz CT molecular complexity index is 433. The molecule has 19 heavy (non-hydrogen) atoms. The predicted octanol–water partition coefficient (Wildman–Crippen LogP) is 2.87. The molecule has 0 amide bonds. The van der Waals surface area contributed by atoms with E-state index in [0.717, 1.165) is 6.07 Å². The fraction of sp³-hybridized carbons (Fsp3) is 0.500. The molecule has 0 saturated heterocycles. The van der Waals surface area contributed by atoms with E-state index in [1.54, 1.807) is 6.92 Å². The van der Waals surface area contributed by atoms with Crippen LogP contribution in [-0.2, 0) is 6.18 Å². The topological polar surface area (TPSA) is 52.5 Å². The minimum absolute atomic E-state index is 0.0300. The van der Waals surface area contributed by atoms with E-state index in [1.807, 2.05) is 0 Å². The van der Waals surface area contributed by atoms with Gasteiger partial charge in [0.15, 0.2) is 0 Å². The van der Waals surface area contributed by atoms with Gasteiger partial charge in [-0.15, -0.1) is 0 Å². The first kappa shape index (κ1) is 16.3. The van der Waals surface area contributed by atoms with Gasteiger partial charge in [-0.05, 0) is 18.2 Å². The normalized spacial score (nSPS) is 12.6. The first-order valence-electron chi connectivity index (χ1n) is 5.54. The zero-order chi connectivity index (χ0) is 14.7. The number of anilines is 1. The molecule has 0 aromatic heterocycles. The molecule has 0 aliphatic rings. The Morgan fingerprint density at radius 2 is 1.79 bits per heavy atom. The van der Waals surface area contributed by atoms with Crippen LogP contribution in [0.4, 0.5) is 18.9 Å². The highest BCUT2D eigenvalue weighted by molar-refractivity contribution is 9.10. The van der Waals surface area contributed by atoms with Crippen LogP contribution in [0.3, 0.4) is 0 Å². The molecule has 0 spiro atoms. The number of hydrogen-bond donors (Lipinski definition) is 3. The van der Waals surface area contributed by atoms with Gasteiger partial charge in [0.2, 0.25) is 0 Å². The minimum atomic E-state index is -4.44. The number of hydrogen-bond acceptors (Lipinski definition) is 3. The highest BCUT2D eigenvalue weighted by Gasteiger charge is 2.33. The second-order valence-corrected chi connectivity index (χ2v) is 5.53. The summed E-state index contributed by atoms with van der Waals surface area (Å²) >= 11 is 2.86. The Kier molecular flexibility index (Phi) is 5.23. The average Bonchev–Trinajstić information content (AvgIpc) is 2.36. The van der Waals surface area contributed by atoms with Gasteiger partial charge in [-0.1, -0.05) is 22.9 Å². The summed E-state index contributed by atoms with van der Waals surface area (Å²) in [6, 6.07) is 3.79. The van der Waals surface area contributed by atoms with Crippen LogP contribution in [0.15, 0.2) is 22.7 Å². The summed E-state index contributed by atoms with van der Waals surface area (Å²) in [6.07, 6.45) is -4.44. The molecule has 0 radical (unpaired) electrons. The van der Waals surface area contributed by atoms with E-state index in [4.69, 9.17) is 10.2 Å². The number of benzene rings is 1. The number of alkyl halides is 3. The van der Waals surface area contributed by atoms with Gasteiger partial charge in [0.25, 0.3) is 0 Å². The molecule has 108 valence electrons. The molecule has 0 fully saturated rings. The number of rotatable bonds is 5. The van der Waals surface area contributed by atoms with E-state index in [9.17, 15) is 13.2 Å². The lowest BCUT2D eigenvalue weighted by Gasteiger charge is -2.25. The third-order valence-electron chi connectivity index (χ3n) is 2.75. The first-order chi connectivity index (χ1) is 8.72. The second-order valence-electron chi connectivity index (χ2n) is 4.67. The van der Waals surface area contributed by atoms with E-state index < -0.39 is 17.2 Å². The Hall–Kier alpha value is -0.790. The lowest BCUT2D eigenvalue weighted by Crippen LogP contribution is -2.34. The lowest BCUT2D eigenvalue weighted by atomic mass is 9.93. The highest BCUT2D eigenvalue weighted by Crippen LogP contribution is 2.36. The Morgan fingerprint density at radius 3 is 2.26 bits per heavy atom. The van der Waals surface area contributed by atoms with Gasteiger partial charge < -0.3 is 15.5 Å². The predicted molar refractivity (Wildman–Crippen MR) is 69.9 cm³/mol. The van der Waals surface area contributed by atoms with Crippen molar-refractivity contribution in [1.82, 2.24) is 0 Å². The van der Waals surface area contributed by atoms with Crippen molar-refractivity contribution in [1.29, 1.82) is 0 Å². The molecular formula is C12H15BrF3NO2. The largest absolute Gasteiger partial charge is 0.417 e. The molecule has 3 N–H and O–H groups in total. The van der Waals surface area contributed by atoms with E-state index >= 15 is 0 Å². The maximum atomic E-state index is 12.7. The van der Waals surface area contributed by atoms with Gasteiger partial charge in [0, 0.05) is 22.1 Å². The summed E-state index contributed by atoms with van der Waals surface area (Å²) in [7, 11) is 0. The Balaban J connectivity index is 2.87. The van der Waals surface area contributed by atoms with Crippen LogP contribution in [-0.4, -0.2) is 30.0 Å². The molecule has 0 aliphatic heterocycles. The quantitative estimate of drug-likeness (QED) is 0.771. The molecular weight excluding hydrogens is 327 g/mol. The van der Waals surface area contributed by atoms with Crippen molar-refractivity contribution in [2.75, 3.05) is 25.1 Å². The zero-order valence-electron chi connectivity index (χ0n) is 10.3. The lowest BCUT2D eigenvalue weighted by molar-refractivity contribution is -0.138. The standard InChI is InChI=1S/C12H15BrF3NO2/c1-11(6-18,7-19)5-17-8-2-3-10(13)9(4-8)12(14,15)16/h2-4,17-19H,5-7H2,1H3. The number of nitrogens with one attached hydrogen (secondary N) is 1. The fourth-order valence-electron chi connectivity index (χ4n) is 1.33. The van der Waals surface area contributed by atoms with Gasteiger partial charge in [-0.2, -0.15) is 13.2 Å². The maximum Gasteiger partial charge on any atom is 0.417 e. The maximum absolute atomic E-state index is 12.7. The van der Waals surface area contributed by atoms with Gasteiger partial charge in [0.1, 0.15) is 0 Å². The fourth-order valence-corrected chi connectivity index (χ4v) is 1.80. The molecule has 1 aromatic carbocycles. The van der Waals surface area contributed by atoms with Crippen LogP contribution in [0, 0.1) is 5.41 Å². The summed E-state index contributed by atoms with van der Waals surface area (Å²) in [5.74, 6) is 0. The van der Waals surface area contributed by atoms with E-state index in [1.165, 1.54) is 12.1 Å². The summed E-state index contributed by atoms with van der Waals surface area (Å²) in [6.45, 7) is 1.26. The highest BCUT2D eigenvalue weighted by atomic mass is 79.9. The third-order valence-corrected chi connectivity index (χ3v) is 3.45. The van der Waals surface area contributed by atoms with Crippen molar-refractivity contribution < 1.29 is 23.4 Å². The minimum Gasteiger partial charge on any atom is -0.396 e. The van der Waals surface area contributed by atoms with Crippen molar-refractivity contribution in [3.63, 3.8) is 0 Å². The molecule has 0 unspecified atom stereocenters. The molecule has 3 nitrogen and oxygen atoms in total. The molecule has 1 aromatic rings. The molecule has 1 rings (SSSR count). The van der Waals surface area contributed by atoms with E-state index in [0.29, 0.717) is 0 Å². The van der Waals surface area contributed by atoms with Gasteiger partial charge in [-0.25, -0.2) is 0 Å². The average molecular weight is 342 g/mol. The van der Waals surface area contributed by atoms with Crippen molar-refractivity contribution in [3.05, 3.63) is 28.2 Å². The number of aliphatic hydroxyl groups is 2. The first-order valence-corrected chi connectivity index (χ1v) is 6.33. The zero-order valence-corrected chi connectivity index (χ0v) is 11.8. The SMILES string of the molecule is CC(CO)(CO)CNc1ccc(Br)c(C(F)(F)F)c1. The van der Waals surface area contributed by atoms with Crippen molar-refractivity contribution in [2.45, 2.75) is 13.1 Å². The molecule has 0 aliphatic carbocycles. The monoisotopic (exact) mass is 341 g/mol. The smallest absolute Gasteiger partial charge is 0.396 e. The van der Waals surface area contributed by atoms with E-state index in [-0.39, 0.29) is 29.9 Å². The molecule has 0 atom stereocenters. The van der Waals surface area contributed by atoms with Crippen molar-refractivity contribution in [2.24, 2.45) is 5.41 Å². The van der Waals surface area contributed by atoms with Crippen LogP contribution in [0.2, 0.25) is 0 Å². The van der Waals surface area contributed by atoms with Crippen LogP contribution in [0.25, 0.3) is 0 Å². The number of halogens is 4.